The van der Waals surface area contributed by atoms with Crippen molar-refractivity contribution in [3.63, 3.8) is 0 Å². The molecule has 1 aromatic heterocycles. The first-order valence-electron chi connectivity index (χ1n) is 7.98. The monoisotopic (exact) mass is 314 g/mol. The lowest BCUT2D eigenvalue weighted by molar-refractivity contribution is 0.111. The first-order chi connectivity index (χ1) is 11.3. The third kappa shape index (κ3) is 4.82. The Morgan fingerprint density at radius 3 is 2.78 bits per heavy atom. The molecule has 1 saturated heterocycles. The number of nitrogens with one attached hydrogen (secondary N) is 2. The Bertz CT molecular complexity index is 604. The molecule has 2 aromatic rings. The van der Waals surface area contributed by atoms with Crippen LogP contribution in [0, 0.1) is 0 Å². The van der Waals surface area contributed by atoms with Gasteiger partial charge in [0.05, 0.1) is 12.6 Å². The SMILES string of the molecule is O=C(NCc1ccc(Cn2cccn2)cc1)NCC1CCCO1. The summed E-state index contributed by atoms with van der Waals surface area (Å²) in [6.07, 6.45) is 5.99. The van der Waals surface area contributed by atoms with Crippen molar-refractivity contribution >= 4 is 6.03 Å². The van der Waals surface area contributed by atoms with Gasteiger partial charge in [0.15, 0.2) is 0 Å². The first-order valence-corrected chi connectivity index (χ1v) is 7.98. The van der Waals surface area contributed by atoms with E-state index < -0.39 is 0 Å². The molecule has 6 heteroatoms. The zero-order valence-corrected chi connectivity index (χ0v) is 13.1. The highest BCUT2D eigenvalue weighted by molar-refractivity contribution is 5.73. The Hall–Kier alpha value is -2.34. The fourth-order valence-corrected chi connectivity index (χ4v) is 2.60. The van der Waals surface area contributed by atoms with Gasteiger partial charge in [0, 0.05) is 32.1 Å². The van der Waals surface area contributed by atoms with Crippen LogP contribution in [0.15, 0.2) is 42.7 Å². The van der Waals surface area contributed by atoms with Crippen LogP contribution < -0.4 is 10.6 Å². The third-order valence-corrected chi connectivity index (χ3v) is 3.89. The molecule has 0 radical (unpaired) electrons. The molecule has 0 bridgehead atoms. The van der Waals surface area contributed by atoms with Crippen molar-refractivity contribution in [2.45, 2.75) is 32.0 Å². The Balaban J connectivity index is 1.40. The number of benzene rings is 1. The van der Waals surface area contributed by atoms with Crippen molar-refractivity contribution in [3.05, 3.63) is 53.9 Å². The van der Waals surface area contributed by atoms with Crippen molar-refractivity contribution in [2.75, 3.05) is 13.2 Å². The van der Waals surface area contributed by atoms with Crippen molar-refractivity contribution in [1.29, 1.82) is 0 Å². The maximum Gasteiger partial charge on any atom is 0.315 e. The number of carbonyl (C=O) groups is 1. The van der Waals surface area contributed by atoms with Crippen LogP contribution >= 0.6 is 0 Å². The van der Waals surface area contributed by atoms with Gasteiger partial charge in [0.25, 0.3) is 0 Å². The molecule has 23 heavy (non-hydrogen) atoms. The van der Waals surface area contributed by atoms with E-state index in [2.05, 4.69) is 27.9 Å². The zero-order valence-electron chi connectivity index (χ0n) is 13.1. The number of urea groups is 1. The summed E-state index contributed by atoms with van der Waals surface area (Å²) in [7, 11) is 0. The second-order valence-electron chi connectivity index (χ2n) is 5.72. The molecule has 1 fully saturated rings. The number of hydrogen-bond donors (Lipinski definition) is 2. The summed E-state index contributed by atoms with van der Waals surface area (Å²) < 4.78 is 7.35. The van der Waals surface area contributed by atoms with Crippen LogP contribution in [0.3, 0.4) is 0 Å². The molecule has 0 aliphatic carbocycles. The van der Waals surface area contributed by atoms with E-state index in [9.17, 15) is 4.79 Å². The van der Waals surface area contributed by atoms with Gasteiger partial charge in [-0.25, -0.2) is 4.79 Å². The lowest BCUT2D eigenvalue weighted by Gasteiger charge is -2.12. The molecule has 1 aliphatic heterocycles. The molecule has 0 spiro atoms. The molecule has 1 atom stereocenters. The first kappa shape index (κ1) is 15.6. The number of ether oxygens (including phenoxy) is 1. The Morgan fingerprint density at radius 1 is 1.26 bits per heavy atom. The highest BCUT2D eigenvalue weighted by Crippen LogP contribution is 2.10. The second kappa shape index (κ2) is 7.78. The van der Waals surface area contributed by atoms with Gasteiger partial charge in [-0.3, -0.25) is 4.68 Å². The van der Waals surface area contributed by atoms with E-state index >= 15 is 0 Å². The van der Waals surface area contributed by atoms with E-state index in [1.807, 2.05) is 29.1 Å². The van der Waals surface area contributed by atoms with Crippen LogP contribution in [-0.4, -0.2) is 35.1 Å². The summed E-state index contributed by atoms with van der Waals surface area (Å²) in [6.45, 7) is 2.65. The molecule has 6 nitrogen and oxygen atoms in total. The van der Waals surface area contributed by atoms with Gasteiger partial charge in [0.1, 0.15) is 0 Å². The quantitative estimate of drug-likeness (QED) is 0.856. The number of amides is 2. The van der Waals surface area contributed by atoms with Crippen LogP contribution in [0.5, 0.6) is 0 Å². The van der Waals surface area contributed by atoms with Crippen molar-refractivity contribution in [1.82, 2.24) is 20.4 Å². The number of nitrogens with zero attached hydrogens (tertiary/aromatic N) is 2. The smallest absolute Gasteiger partial charge is 0.315 e. The fraction of sp³-hybridized carbons (Fsp3) is 0.412. The van der Waals surface area contributed by atoms with Crippen molar-refractivity contribution < 1.29 is 9.53 Å². The third-order valence-electron chi connectivity index (χ3n) is 3.89. The van der Waals surface area contributed by atoms with E-state index in [1.54, 1.807) is 6.20 Å². The maximum absolute atomic E-state index is 11.8. The van der Waals surface area contributed by atoms with Gasteiger partial charge in [-0.15, -0.1) is 0 Å². The summed E-state index contributed by atoms with van der Waals surface area (Å²) in [5.41, 5.74) is 2.25. The van der Waals surface area contributed by atoms with Crippen molar-refractivity contribution in [3.8, 4) is 0 Å². The molecule has 1 unspecified atom stereocenters. The lowest BCUT2D eigenvalue weighted by Crippen LogP contribution is -2.39. The molecule has 2 heterocycles. The highest BCUT2D eigenvalue weighted by Gasteiger charge is 2.15. The van der Waals surface area contributed by atoms with E-state index in [1.165, 1.54) is 5.56 Å². The number of rotatable bonds is 6. The van der Waals surface area contributed by atoms with Crippen LogP contribution in [0.2, 0.25) is 0 Å². The second-order valence-corrected chi connectivity index (χ2v) is 5.72. The summed E-state index contributed by atoms with van der Waals surface area (Å²) in [5, 5.41) is 9.90. The molecule has 1 aliphatic rings. The normalized spacial score (nSPS) is 17.1. The van der Waals surface area contributed by atoms with E-state index in [-0.39, 0.29) is 12.1 Å². The van der Waals surface area contributed by atoms with E-state index in [0.717, 1.165) is 31.6 Å². The summed E-state index contributed by atoms with van der Waals surface area (Å²) in [5.74, 6) is 0. The summed E-state index contributed by atoms with van der Waals surface area (Å²) in [4.78, 5) is 11.8. The van der Waals surface area contributed by atoms with Gasteiger partial charge in [-0.2, -0.15) is 5.10 Å². The van der Waals surface area contributed by atoms with Gasteiger partial charge in [-0.05, 0) is 30.0 Å². The largest absolute Gasteiger partial charge is 0.376 e. The molecule has 122 valence electrons. The van der Waals surface area contributed by atoms with Crippen LogP contribution in [0.1, 0.15) is 24.0 Å². The molecule has 2 amide bonds. The topological polar surface area (TPSA) is 68.2 Å². The number of carbonyl (C=O) groups excluding carboxylic acids is 1. The van der Waals surface area contributed by atoms with E-state index in [4.69, 9.17) is 4.74 Å². The van der Waals surface area contributed by atoms with Crippen LogP contribution in [0.4, 0.5) is 4.79 Å². The predicted molar refractivity (Wildman–Crippen MR) is 87.0 cm³/mol. The lowest BCUT2D eigenvalue weighted by atomic mass is 10.1. The molecule has 0 saturated carbocycles. The van der Waals surface area contributed by atoms with Gasteiger partial charge in [0.2, 0.25) is 0 Å². The number of aromatic nitrogens is 2. The minimum absolute atomic E-state index is 0.152. The Morgan fingerprint density at radius 2 is 2.09 bits per heavy atom. The number of hydrogen-bond acceptors (Lipinski definition) is 3. The average Bonchev–Trinajstić information content (AvgIpc) is 3.26. The van der Waals surface area contributed by atoms with Gasteiger partial charge < -0.3 is 15.4 Å². The Labute approximate surface area is 135 Å². The highest BCUT2D eigenvalue weighted by atomic mass is 16.5. The molecular formula is C17H22N4O2. The minimum Gasteiger partial charge on any atom is -0.376 e. The minimum atomic E-state index is -0.152. The van der Waals surface area contributed by atoms with Gasteiger partial charge in [-0.1, -0.05) is 24.3 Å². The standard InChI is InChI=1S/C17H22N4O2/c22-17(19-12-16-3-1-10-23-16)18-11-14-4-6-15(7-5-14)13-21-9-2-8-20-21/h2,4-9,16H,1,3,10-13H2,(H2,18,19,22). The van der Waals surface area contributed by atoms with Crippen LogP contribution in [0.25, 0.3) is 0 Å². The molecule has 3 rings (SSSR count). The van der Waals surface area contributed by atoms with E-state index in [0.29, 0.717) is 13.1 Å². The predicted octanol–water partition coefficient (Wildman–Crippen LogP) is 1.91. The van der Waals surface area contributed by atoms with Crippen molar-refractivity contribution in [2.24, 2.45) is 0 Å². The summed E-state index contributed by atoms with van der Waals surface area (Å²) in [6, 6.07) is 9.93. The fourth-order valence-electron chi connectivity index (χ4n) is 2.60. The zero-order chi connectivity index (χ0) is 15.9. The molecular weight excluding hydrogens is 292 g/mol. The molecule has 1 aromatic carbocycles. The van der Waals surface area contributed by atoms with Gasteiger partial charge >= 0.3 is 6.03 Å². The van der Waals surface area contributed by atoms with Crippen LogP contribution in [-0.2, 0) is 17.8 Å². The Kier molecular flexibility index (Phi) is 5.26. The molecule has 2 N–H and O–H groups in total. The average molecular weight is 314 g/mol. The summed E-state index contributed by atoms with van der Waals surface area (Å²) >= 11 is 0. The maximum atomic E-state index is 11.8.